The lowest BCUT2D eigenvalue weighted by Crippen LogP contribution is -2.41. The van der Waals surface area contributed by atoms with Crippen LogP contribution in [0.2, 0.25) is 0 Å². The Morgan fingerprint density at radius 3 is 2.93 bits per heavy atom. The molecule has 1 aliphatic carbocycles. The van der Waals surface area contributed by atoms with Crippen molar-refractivity contribution in [2.45, 2.75) is 50.7 Å². The number of nitrogens with zero attached hydrogens (tertiary/aromatic N) is 2. The number of amides is 2. The summed E-state index contributed by atoms with van der Waals surface area (Å²) < 4.78 is 6.39. The normalized spacial score (nSPS) is 34.0. The molecule has 1 spiro atoms. The number of fused-ring (bicyclic) bond motifs is 1. The van der Waals surface area contributed by atoms with Crippen LogP contribution in [0.15, 0.2) is 18.3 Å². The minimum absolute atomic E-state index is 0.0843. The molecule has 1 aromatic rings. The van der Waals surface area contributed by atoms with E-state index in [4.69, 9.17) is 4.74 Å². The van der Waals surface area contributed by atoms with E-state index < -0.39 is 0 Å². The Labute approximate surface area is 159 Å². The highest BCUT2D eigenvalue weighted by molar-refractivity contribution is 5.93. The van der Waals surface area contributed by atoms with Crippen LogP contribution in [-0.2, 0) is 9.53 Å². The van der Waals surface area contributed by atoms with E-state index in [1.807, 2.05) is 24.0 Å². The fourth-order valence-corrected chi connectivity index (χ4v) is 5.27. The molecule has 6 nitrogen and oxygen atoms in total. The zero-order valence-electron chi connectivity index (χ0n) is 15.8. The zero-order chi connectivity index (χ0) is 18.6. The summed E-state index contributed by atoms with van der Waals surface area (Å²) in [6, 6.07) is 3.66. The standard InChI is InChI=1S/C21H27N3O3/c1-13-2-5-15(9-22-13)20(26)23-10-16-17-11-24(19(25)8-14-3-4-14)12-21(17)7-6-18(16)27-21/h2,5,9,14,16-18H,3-4,6-8,10-12H2,1H3,(H,23,26)/t16-,17+,18+,21+/m0/s1. The summed E-state index contributed by atoms with van der Waals surface area (Å²) >= 11 is 0. The van der Waals surface area contributed by atoms with Gasteiger partial charge in [-0.25, -0.2) is 0 Å². The van der Waals surface area contributed by atoms with Crippen molar-refractivity contribution in [1.82, 2.24) is 15.2 Å². The second-order valence-corrected chi connectivity index (χ2v) is 8.85. The van der Waals surface area contributed by atoms with Crippen LogP contribution in [0.1, 0.15) is 48.2 Å². The number of hydrogen-bond donors (Lipinski definition) is 1. The number of pyridine rings is 1. The summed E-state index contributed by atoms with van der Waals surface area (Å²) in [4.78, 5) is 31.3. The van der Waals surface area contributed by atoms with Gasteiger partial charge in [0.25, 0.3) is 5.91 Å². The smallest absolute Gasteiger partial charge is 0.252 e. The second-order valence-electron chi connectivity index (χ2n) is 8.85. The van der Waals surface area contributed by atoms with Crippen LogP contribution < -0.4 is 5.32 Å². The minimum Gasteiger partial charge on any atom is -0.369 e. The highest BCUT2D eigenvalue weighted by Crippen LogP contribution is 2.54. The van der Waals surface area contributed by atoms with Crippen molar-refractivity contribution in [3.05, 3.63) is 29.6 Å². The Morgan fingerprint density at radius 2 is 2.19 bits per heavy atom. The van der Waals surface area contributed by atoms with Crippen LogP contribution in [0.3, 0.4) is 0 Å². The molecular formula is C21H27N3O3. The maximum atomic E-state index is 12.6. The lowest BCUT2D eigenvalue weighted by atomic mass is 9.73. The Hall–Kier alpha value is -1.95. The van der Waals surface area contributed by atoms with Gasteiger partial charge in [0.15, 0.2) is 0 Å². The Kier molecular flexibility index (Phi) is 4.00. The molecule has 4 heterocycles. The molecule has 2 bridgehead atoms. The van der Waals surface area contributed by atoms with Gasteiger partial charge in [-0.3, -0.25) is 14.6 Å². The van der Waals surface area contributed by atoms with Crippen LogP contribution in [-0.4, -0.2) is 53.0 Å². The third kappa shape index (κ3) is 3.04. The van der Waals surface area contributed by atoms with Crippen LogP contribution in [0.25, 0.3) is 0 Å². The molecule has 5 rings (SSSR count). The fourth-order valence-electron chi connectivity index (χ4n) is 5.27. The molecule has 4 fully saturated rings. The number of aromatic nitrogens is 1. The van der Waals surface area contributed by atoms with E-state index in [-0.39, 0.29) is 17.6 Å². The maximum absolute atomic E-state index is 12.6. The predicted molar refractivity (Wildman–Crippen MR) is 99.0 cm³/mol. The van der Waals surface area contributed by atoms with Gasteiger partial charge in [0, 0.05) is 43.2 Å². The zero-order valence-corrected chi connectivity index (χ0v) is 15.8. The molecule has 0 radical (unpaired) electrons. The third-order valence-electron chi connectivity index (χ3n) is 6.97. The summed E-state index contributed by atoms with van der Waals surface area (Å²) in [5.74, 6) is 1.46. The van der Waals surface area contributed by atoms with E-state index in [0.29, 0.717) is 42.2 Å². The van der Waals surface area contributed by atoms with Gasteiger partial charge in [0.2, 0.25) is 5.91 Å². The molecule has 6 heteroatoms. The predicted octanol–water partition coefficient (Wildman–Crippen LogP) is 1.93. The SMILES string of the molecule is Cc1ccc(C(=O)NC[C@H]2[C@H]3CN(C(=O)CC4CC4)C[C@]34CC[C@H]2O4)cn1. The number of aryl methyl sites for hydroxylation is 1. The number of rotatable bonds is 5. The van der Waals surface area contributed by atoms with Gasteiger partial charge in [0.05, 0.1) is 23.8 Å². The van der Waals surface area contributed by atoms with Crippen molar-refractivity contribution >= 4 is 11.8 Å². The van der Waals surface area contributed by atoms with Gasteiger partial charge in [-0.05, 0) is 50.7 Å². The van der Waals surface area contributed by atoms with Crippen molar-refractivity contribution < 1.29 is 14.3 Å². The molecule has 4 atom stereocenters. The van der Waals surface area contributed by atoms with Crippen LogP contribution in [0.5, 0.6) is 0 Å². The largest absolute Gasteiger partial charge is 0.369 e. The molecular weight excluding hydrogens is 342 g/mol. The first-order chi connectivity index (χ1) is 13.0. The topological polar surface area (TPSA) is 71.5 Å². The molecule has 4 aliphatic rings. The highest BCUT2D eigenvalue weighted by Gasteiger charge is 2.63. The molecule has 1 aromatic heterocycles. The molecule has 27 heavy (non-hydrogen) atoms. The Bertz CT molecular complexity index is 760. The molecule has 0 unspecified atom stereocenters. The van der Waals surface area contributed by atoms with Gasteiger partial charge in [-0.2, -0.15) is 0 Å². The lowest BCUT2D eigenvalue weighted by Gasteiger charge is -2.29. The molecule has 1 N–H and O–H groups in total. The van der Waals surface area contributed by atoms with E-state index in [1.165, 1.54) is 12.8 Å². The van der Waals surface area contributed by atoms with Gasteiger partial charge in [-0.15, -0.1) is 0 Å². The first kappa shape index (κ1) is 17.2. The van der Waals surface area contributed by atoms with Crippen molar-refractivity contribution in [1.29, 1.82) is 0 Å². The monoisotopic (exact) mass is 369 g/mol. The minimum atomic E-state index is -0.162. The Balaban J connectivity index is 1.23. The van der Waals surface area contributed by atoms with Crippen LogP contribution >= 0.6 is 0 Å². The summed E-state index contributed by atoms with van der Waals surface area (Å²) in [5, 5.41) is 3.08. The number of ether oxygens (including phenoxy) is 1. The van der Waals surface area contributed by atoms with E-state index >= 15 is 0 Å². The van der Waals surface area contributed by atoms with Crippen molar-refractivity contribution in [3.8, 4) is 0 Å². The second kappa shape index (κ2) is 6.30. The highest BCUT2D eigenvalue weighted by atomic mass is 16.5. The lowest BCUT2D eigenvalue weighted by molar-refractivity contribution is -0.132. The van der Waals surface area contributed by atoms with Crippen molar-refractivity contribution in [3.63, 3.8) is 0 Å². The summed E-state index contributed by atoms with van der Waals surface area (Å²) in [6.07, 6.45) is 7.03. The molecule has 3 aliphatic heterocycles. The van der Waals surface area contributed by atoms with Gasteiger partial charge in [0.1, 0.15) is 0 Å². The molecule has 3 saturated heterocycles. The van der Waals surface area contributed by atoms with Crippen LogP contribution in [0, 0.1) is 24.7 Å². The maximum Gasteiger partial charge on any atom is 0.252 e. The number of hydrogen-bond acceptors (Lipinski definition) is 4. The van der Waals surface area contributed by atoms with Crippen molar-refractivity contribution in [2.24, 2.45) is 17.8 Å². The van der Waals surface area contributed by atoms with E-state index in [2.05, 4.69) is 10.3 Å². The molecule has 1 saturated carbocycles. The summed E-state index contributed by atoms with van der Waals surface area (Å²) in [5.41, 5.74) is 1.33. The average molecular weight is 369 g/mol. The number of nitrogens with one attached hydrogen (secondary N) is 1. The molecule has 0 aromatic carbocycles. The summed E-state index contributed by atoms with van der Waals surface area (Å²) in [7, 11) is 0. The van der Waals surface area contributed by atoms with Gasteiger partial charge < -0.3 is 15.0 Å². The molecule has 2 amide bonds. The number of likely N-dealkylation sites (tertiary alicyclic amines) is 1. The van der Waals surface area contributed by atoms with Crippen molar-refractivity contribution in [2.75, 3.05) is 19.6 Å². The third-order valence-corrected chi connectivity index (χ3v) is 6.97. The average Bonchev–Trinajstić information content (AvgIpc) is 3.14. The van der Waals surface area contributed by atoms with Crippen LogP contribution in [0.4, 0.5) is 0 Å². The summed E-state index contributed by atoms with van der Waals surface area (Å²) in [6.45, 7) is 4.04. The fraction of sp³-hybridized carbons (Fsp3) is 0.667. The number of carbonyl (C=O) groups excluding carboxylic acids is 2. The van der Waals surface area contributed by atoms with Gasteiger partial charge >= 0.3 is 0 Å². The van der Waals surface area contributed by atoms with Gasteiger partial charge in [-0.1, -0.05) is 0 Å². The first-order valence-electron chi connectivity index (χ1n) is 10.2. The first-order valence-corrected chi connectivity index (χ1v) is 10.2. The molecule has 144 valence electrons. The number of carbonyl (C=O) groups is 2. The van der Waals surface area contributed by atoms with E-state index in [1.54, 1.807) is 6.20 Å². The van der Waals surface area contributed by atoms with E-state index in [0.717, 1.165) is 31.6 Å². The Morgan fingerprint density at radius 1 is 1.33 bits per heavy atom. The quantitative estimate of drug-likeness (QED) is 0.861. The van der Waals surface area contributed by atoms with E-state index in [9.17, 15) is 9.59 Å².